The van der Waals surface area contributed by atoms with Gasteiger partial charge in [0.25, 0.3) is 0 Å². The summed E-state index contributed by atoms with van der Waals surface area (Å²) in [6, 6.07) is 4.58. The molecule has 1 unspecified atom stereocenters. The standard InChI is InChI=1S/C15H19ClFN3O/c1-9(2)13(18-3)8-15-19-14(20-21-15)6-10-4-5-11(17)7-12(10)16/h4-5,7,9,13,18H,6,8H2,1-3H3. The average Bonchev–Trinajstić information content (AvgIpc) is 2.86. The number of nitrogens with zero attached hydrogens (tertiary/aromatic N) is 2. The first-order valence-corrected chi connectivity index (χ1v) is 7.30. The number of aromatic nitrogens is 2. The molecule has 0 aliphatic carbocycles. The van der Waals surface area contributed by atoms with Crippen molar-refractivity contribution in [1.82, 2.24) is 15.5 Å². The molecule has 1 aromatic heterocycles. The third kappa shape index (κ3) is 4.25. The lowest BCUT2D eigenvalue weighted by molar-refractivity contribution is 0.333. The van der Waals surface area contributed by atoms with E-state index in [-0.39, 0.29) is 11.9 Å². The molecule has 0 amide bonds. The van der Waals surface area contributed by atoms with Crippen molar-refractivity contribution in [2.75, 3.05) is 7.05 Å². The second-order valence-electron chi connectivity index (χ2n) is 5.36. The van der Waals surface area contributed by atoms with Crippen LogP contribution in [0, 0.1) is 11.7 Å². The number of halogens is 2. The summed E-state index contributed by atoms with van der Waals surface area (Å²) < 4.78 is 18.3. The summed E-state index contributed by atoms with van der Waals surface area (Å²) in [5.74, 6) is 1.26. The van der Waals surface area contributed by atoms with Gasteiger partial charge in [0, 0.05) is 23.9 Å². The Morgan fingerprint density at radius 1 is 1.38 bits per heavy atom. The van der Waals surface area contributed by atoms with E-state index in [9.17, 15) is 4.39 Å². The van der Waals surface area contributed by atoms with E-state index < -0.39 is 0 Å². The number of hydrogen-bond donors (Lipinski definition) is 1. The maximum absolute atomic E-state index is 13.0. The van der Waals surface area contributed by atoms with Crippen molar-refractivity contribution < 1.29 is 8.91 Å². The molecule has 0 radical (unpaired) electrons. The fraction of sp³-hybridized carbons (Fsp3) is 0.467. The van der Waals surface area contributed by atoms with Crippen molar-refractivity contribution in [2.45, 2.75) is 32.7 Å². The first-order valence-electron chi connectivity index (χ1n) is 6.92. The average molecular weight is 312 g/mol. The molecule has 0 saturated carbocycles. The largest absolute Gasteiger partial charge is 0.339 e. The highest BCUT2D eigenvalue weighted by molar-refractivity contribution is 6.31. The van der Waals surface area contributed by atoms with Gasteiger partial charge in [0.05, 0.1) is 0 Å². The van der Waals surface area contributed by atoms with Crippen LogP contribution >= 0.6 is 11.6 Å². The van der Waals surface area contributed by atoms with E-state index in [1.54, 1.807) is 6.07 Å². The highest BCUT2D eigenvalue weighted by Crippen LogP contribution is 2.20. The van der Waals surface area contributed by atoms with Gasteiger partial charge in [-0.05, 0) is 30.7 Å². The van der Waals surface area contributed by atoms with Crippen LogP contribution in [0.5, 0.6) is 0 Å². The first-order chi connectivity index (χ1) is 9.99. The quantitative estimate of drug-likeness (QED) is 0.890. The van der Waals surface area contributed by atoms with Gasteiger partial charge in [-0.3, -0.25) is 0 Å². The van der Waals surface area contributed by atoms with Crippen LogP contribution in [0.1, 0.15) is 31.1 Å². The highest BCUT2D eigenvalue weighted by Gasteiger charge is 2.16. The van der Waals surface area contributed by atoms with Crippen LogP contribution in [-0.2, 0) is 12.8 Å². The van der Waals surface area contributed by atoms with Gasteiger partial charge < -0.3 is 9.84 Å². The maximum atomic E-state index is 13.0. The molecule has 2 rings (SSSR count). The van der Waals surface area contributed by atoms with Gasteiger partial charge in [-0.1, -0.05) is 36.7 Å². The molecule has 1 aromatic carbocycles. The molecule has 1 heterocycles. The summed E-state index contributed by atoms with van der Waals surface area (Å²) in [6.45, 7) is 4.27. The Morgan fingerprint density at radius 3 is 2.76 bits per heavy atom. The minimum Gasteiger partial charge on any atom is -0.339 e. The molecule has 1 atom stereocenters. The van der Waals surface area contributed by atoms with E-state index in [0.717, 1.165) is 5.56 Å². The van der Waals surface area contributed by atoms with Gasteiger partial charge in [0.2, 0.25) is 5.89 Å². The predicted octanol–water partition coefficient (Wildman–Crippen LogP) is 3.24. The molecule has 0 saturated heterocycles. The Kier molecular flexibility index (Phi) is 5.31. The minimum absolute atomic E-state index is 0.285. The van der Waals surface area contributed by atoms with Gasteiger partial charge in [-0.15, -0.1) is 0 Å². The fourth-order valence-corrected chi connectivity index (χ4v) is 2.37. The SMILES string of the molecule is CNC(Cc1nc(Cc2ccc(F)cc2Cl)no1)C(C)C. The van der Waals surface area contributed by atoms with Crippen molar-refractivity contribution >= 4 is 11.6 Å². The Morgan fingerprint density at radius 2 is 2.14 bits per heavy atom. The van der Waals surface area contributed by atoms with Crippen LogP contribution in [0.4, 0.5) is 4.39 Å². The molecule has 0 aliphatic heterocycles. The summed E-state index contributed by atoms with van der Waals surface area (Å²) >= 11 is 6.00. The number of benzene rings is 1. The number of likely N-dealkylation sites (N-methyl/N-ethyl adjacent to an activating group) is 1. The van der Waals surface area contributed by atoms with Gasteiger partial charge in [-0.25, -0.2) is 4.39 Å². The van der Waals surface area contributed by atoms with Crippen LogP contribution in [0.25, 0.3) is 0 Å². The molecule has 2 aromatic rings. The van der Waals surface area contributed by atoms with E-state index in [4.69, 9.17) is 16.1 Å². The fourth-order valence-electron chi connectivity index (χ4n) is 2.14. The molecular formula is C15H19ClFN3O. The number of rotatable bonds is 6. The van der Waals surface area contributed by atoms with Crippen molar-refractivity contribution in [2.24, 2.45) is 5.92 Å². The third-order valence-corrected chi connectivity index (χ3v) is 3.80. The van der Waals surface area contributed by atoms with Crippen LogP contribution in [0.15, 0.2) is 22.7 Å². The molecule has 4 nitrogen and oxygen atoms in total. The van der Waals surface area contributed by atoms with E-state index in [1.807, 2.05) is 7.05 Å². The summed E-state index contributed by atoms with van der Waals surface area (Å²) in [4.78, 5) is 4.37. The molecule has 1 N–H and O–H groups in total. The normalized spacial score (nSPS) is 12.9. The summed E-state index contributed by atoms with van der Waals surface area (Å²) in [5, 5.41) is 7.56. The van der Waals surface area contributed by atoms with Crippen molar-refractivity contribution in [3.05, 3.63) is 46.3 Å². The molecule has 0 spiro atoms. The zero-order valence-corrected chi connectivity index (χ0v) is 13.1. The molecule has 0 fully saturated rings. The van der Waals surface area contributed by atoms with Gasteiger partial charge in [-0.2, -0.15) is 4.98 Å². The lowest BCUT2D eigenvalue weighted by atomic mass is 10.0. The van der Waals surface area contributed by atoms with Crippen molar-refractivity contribution in [1.29, 1.82) is 0 Å². The third-order valence-electron chi connectivity index (χ3n) is 3.44. The van der Waals surface area contributed by atoms with E-state index in [1.165, 1.54) is 12.1 Å². The van der Waals surface area contributed by atoms with Crippen LogP contribution < -0.4 is 5.32 Å². The second kappa shape index (κ2) is 7.00. The molecule has 0 bridgehead atoms. The zero-order chi connectivity index (χ0) is 15.4. The molecule has 21 heavy (non-hydrogen) atoms. The lowest BCUT2D eigenvalue weighted by Gasteiger charge is -2.17. The maximum Gasteiger partial charge on any atom is 0.228 e. The number of nitrogens with one attached hydrogen (secondary N) is 1. The van der Waals surface area contributed by atoms with Crippen molar-refractivity contribution in [3.8, 4) is 0 Å². The topological polar surface area (TPSA) is 51.0 Å². The van der Waals surface area contributed by atoms with E-state index in [0.29, 0.717) is 35.5 Å². The summed E-state index contributed by atoms with van der Waals surface area (Å²) in [7, 11) is 1.92. The molecular weight excluding hydrogens is 293 g/mol. The van der Waals surface area contributed by atoms with Crippen LogP contribution in [0.2, 0.25) is 5.02 Å². The zero-order valence-electron chi connectivity index (χ0n) is 12.4. The smallest absolute Gasteiger partial charge is 0.228 e. The Balaban J connectivity index is 2.06. The monoisotopic (exact) mass is 311 g/mol. The summed E-state index contributed by atoms with van der Waals surface area (Å²) in [5.41, 5.74) is 0.777. The second-order valence-corrected chi connectivity index (χ2v) is 5.77. The van der Waals surface area contributed by atoms with Crippen molar-refractivity contribution in [3.63, 3.8) is 0 Å². The molecule has 6 heteroatoms. The van der Waals surface area contributed by atoms with Crippen LogP contribution in [-0.4, -0.2) is 23.2 Å². The Hall–Kier alpha value is -1.46. The van der Waals surface area contributed by atoms with Gasteiger partial charge in [0.15, 0.2) is 5.82 Å². The highest BCUT2D eigenvalue weighted by atomic mass is 35.5. The Labute approximate surface area is 128 Å². The Bertz CT molecular complexity index is 600. The predicted molar refractivity (Wildman–Crippen MR) is 79.9 cm³/mol. The van der Waals surface area contributed by atoms with E-state index >= 15 is 0 Å². The van der Waals surface area contributed by atoms with Crippen LogP contribution in [0.3, 0.4) is 0 Å². The van der Waals surface area contributed by atoms with Gasteiger partial charge in [0.1, 0.15) is 5.82 Å². The summed E-state index contributed by atoms with van der Waals surface area (Å²) in [6.07, 6.45) is 1.10. The molecule has 114 valence electrons. The molecule has 0 aliphatic rings. The van der Waals surface area contributed by atoms with E-state index in [2.05, 4.69) is 29.3 Å². The first kappa shape index (κ1) is 15.9. The lowest BCUT2D eigenvalue weighted by Crippen LogP contribution is -2.32. The van der Waals surface area contributed by atoms with Gasteiger partial charge >= 0.3 is 0 Å². The minimum atomic E-state index is -0.355. The number of hydrogen-bond acceptors (Lipinski definition) is 4.